The fourth-order valence-corrected chi connectivity index (χ4v) is 8.62. The van der Waals surface area contributed by atoms with Gasteiger partial charge in [-0.15, -0.1) is 5.10 Å². The number of aryl methyl sites for hydroxylation is 1. The molecule has 0 amide bonds. The van der Waals surface area contributed by atoms with Gasteiger partial charge in [0.25, 0.3) is 0 Å². The third-order valence-corrected chi connectivity index (χ3v) is 12.3. The van der Waals surface area contributed by atoms with E-state index in [0.717, 1.165) is 25.8 Å². The second-order valence-corrected chi connectivity index (χ2v) is 18.3. The van der Waals surface area contributed by atoms with Gasteiger partial charge in [0.2, 0.25) is 5.95 Å². The zero-order chi connectivity index (χ0) is 32.1. The lowest BCUT2D eigenvalue weighted by atomic mass is 10.1. The van der Waals surface area contributed by atoms with Crippen molar-refractivity contribution in [2.24, 2.45) is 0 Å². The first kappa shape index (κ1) is 33.9. The molecule has 3 saturated heterocycles. The third kappa shape index (κ3) is 10.8. The maximum Gasteiger partial charge on any atom is 0.326 e. The molecule has 17 nitrogen and oxygen atoms in total. The Morgan fingerprint density at radius 1 is 0.867 bits per heavy atom. The summed E-state index contributed by atoms with van der Waals surface area (Å²) in [6.45, 7) is 5.38. The highest BCUT2D eigenvalue weighted by atomic mass is 32.2. The number of rotatable bonds is 13. The van der Waals surface area contributed by atoms with E-state index in [4.69, 9.17) is 0 Å². The minimum Gasteiger partial charge on any atom is -0.367 e. The summed E-state index contributed by atoms with van der Waals surface area (Å²) < 4.78 is 60.3. The summed E-state index contributed by atoms with van der Waals surface area (Å²) in [5.41, 5.74) is 0.703. The summed E-state index contributed by atoms with van der Waals surface area (Å²) in [5.74, 6) is 2.16. The molecule has 0 radical (unpaired) electrons. The fourth-order valence-electron chi connectivity index (χ4n) is 5.60. The number of anilines is 3. The molecular weight excluding hydrogens is 647 g/mol. The van der Waals surface area contributed by atoms with Gasteiger partial charge in [0.15, 0.2) is 19.7 Å². The molecule has 3 aliphatic rings. The lowest BCUT2D eigenvalue weighted by molar-refractivity contribution is 0.226. The van der Waals surface area contributed by atoms with E-state index in [-0.39, 0.29) is 35.2 Å². The first-order chi connectivity index (χ1) is 21.3. The van der Waals surface area contributed by atoms with Crippen LogP contribution in [0.2, 0.25) is 0 Å². The van der Waals surface area contributed by atoms with Gasteiger partial charge in [-0.05, 0) is 25.8 Å². The molecule has 2 aromatic rings. The second kappa shape index (κ2) is 14.6. The van der Waals surface area contributed by atoms with Crippen LogP contribution in [0.1, 0.15) is 25.0 Å². The van der Waals surface area contributed by atoms with Crippen LogP contribution in [0, 0.1) is 0 Å². The highest BCUT2D eigenvalue weighted by Crippen LogP contribution is 2.34. The Bertz CT molecular complexity index is 1530. The van der Waals surface area contributed by atoms with E-state index in [2.05, 4.69) is 40.7 Å². The van der Waals surface area contributed by atoms with E-state index >= 15 is 0 Å². The topological polar surface area (TPSA) is 216 Å². The summed E-state index contributed by atoms with van der Waals surface area (Å²) in [6.07, 6.45) is 4.09. The first-order valence-electron chi connectivity index (χ1n) is 15.2. The zero-order valence-electron chi connectivity index (χ0n) is 25.2. The molecule has 3 fully saturated rings. The summed E-state index contributed by atoms with van der Waals surface area (Å²) in [6, 6.07) is 1.94. The van der Waals surface area contributed by atoms with Gasteiger partial charge in [-0.3, -0.25) is 9.25 Å². The van der Waals surface area contributed by atoms with Crippen LogP contribution in [0.5, 0.6) is 0 Å². The predicted molar refractivity (Wildman–Crippen MR) is 170 cm³/mol. The van der Waals surface area contributed by atoms with Crippen LogP contribution in [0.3, 0.4) is 0 Å². The van der Waals surface area contributed by atoms with Gasteiger partial charge in [-0.2, -0.15) is 9.97 Å². The van der Waals surface area contributed by atoms with E-state index in [1.807, 2.05) is 17.2 Å². The SMILES string of the molecule is O=P(O)(O)CCN1CCC(Nc2cc(N3CCS(=O)(=O)CC3)nc(NCc3cn(CCCN4CCS(=O)(=O)CC4)nn3)n2)CC1. The van der Waals surface area contributed by atoms with Crippen molar-refractivity contribution in [1.82, 2.24) is 34.8 Å². The van der Waals surface area contributed by atoms with Crippen molar-refractivity contribution in [3.8, 4) is 0 Å². The van der Waals surface area contributed by atoms with E-state index in [1.165, 1.54) is 0 Å². The van der Waals surface area contributed by atoms with Gasteiger partial charge >= 0.3 is 7.60 Å². The molecule has 0 aliphatic carbocycles. The molecule has 3 aliphatic heterocycles. The molecular formula is C25H43N10O7PS2. The van der Waals surface area contributed by atoms with Crippen molar-refractivity contribution in [3.63, 3.8) is 0 Å². The zero-order valence-corrected chi connectivity index (χ0v) is 27.8. The highest BCUT2D eigenvalue weighted by molar-refractivity contribution is 7.91. The summed E-state index contributed by atoms with van der Waals surface area (Å²) in [5, 5.41) is 15.2. The predicted octanol–water partition coefficient (Wildman–Crippen LogP) is -0.910. The molecule has 4 N–H and O–H groups in total. The smallest absolute Gasteiger partial charge is 0.326 e. The van der Waals surface area contributed by atoms with Gasteiger partial charge in [0, 0.05) is 64.5 Å². The number of nitrogens with one attached hydrogen (secondary N) is 2. The van der Waals surface area contributed by atoms with Crippen molar-refractivity contribution in [2.45, 2.75) is 38.4 Å². The first-order valence-corrected chi connectivity index (χ1v) is 20.7. The van der Waals surface area contributed by atoms with Crippen LogP contribution in [-0.2, 0) is 37.3 Å². The van der Waals surface area contributed by atoms with Crippen LogP contribution >= 0.6 is 7.60 Å². The number of aromatic nitrogens is 5. The average Bonchev–Trinajstić information content (AvgIpc) is 3.44. The van der Waals surface area contributed by atoms with Crippen LogP contribution in [-0.4, -0.2) is 149 Å². The van der Waals surface area contributed by atoms with Crippen molar-refractivity contribution in [1.29, 1.82) is 0 Å². The molecule has 0 bridgehead atoms. The Balaban J connectivity index is 1.17. The van der Waals surface area contributed by atoms with Crippen molar-refractivity contribution in [2.75, 3.05) is 97.1 Å². The van der Waals surface area contributed by atoms with Crippen molar-refractivity contribution < 1.29 is 31.2 Å². The van der Waals surface area contributed by atoms with Gasteiger partial charge in [0.05, 0.1) is 41.9 Å². The molecule has 0 atom stereocenters. The maximum atomic E-state index is 12.0. The summed E-state index contributed by atoms with van der Waals surface area (Å²) in [7, 11) is -9.98. The Hall–Kier alpha value is -2.41. The van der Waals surface area contributed by atoms with Crippen LogP contribution in [0.15, 0.2) is 12.3 Å². The molecule has 0 saturated carbocycles. The Labute approximate surface area is 263 Å². The normalized spacial score (nSPS) is 21.5. The second-order valence-electron chi connectivity index (χ2n) is 11.9. The summed E-state index contributed by atoms with van der Waals surface area (Å²) in [4.78, 5) is 33.9. The van der Waals surface area contributed by atoms with E-state index in [1.54, 1.807) is 4.68 Å². The lowest BCUT2D eigenvalue weighted by Gasteiger charge is -2.33. The monoisotopic (exact) mass is 690 g/mol. The standard InChI is InChI=1S/C25H43N10O7PS2/c36-43(37,38)13-8-33-6-2-21(3-7-33)27-23-18-24(34-11-16-45(41,42)17-12-34)29-25(28-23)26-19-22-20-35(31-30-22)5-1-4-32-9-14-44(39,40)15-10-32/h18,20-21H,1-17,19H2,(H2,36,37,38)(H2,26,27,28,29). The number of hydrogen-bond donors (Lipinski definition) is 4. The number of sulfone groups is 2. The van der Waals surface area contributed by atoms with Gasteiger partial charge in [-0.25, -0.2) is 16.8 Å². The Kier molecular flexibility index (Phi) is 11.0. The highest BCUT2D eigenvalue weighted by Gasteiger charge is 2.26. The molecule has 5 rings (SSSR count). The molecule has 2 aromatic heterocycles. The number of nitrogens with zero attached hydrogens (tertiary/aromatic N) is 8. The Morgan fingerprint density at radius 2 is 1.51 bits per heavy atom. The molecule has 252 valence electrons. The van der Waals surface area contributed by atoms with E-state index in [9.17, 15) is 31.2 Å². The van der Waals surface area contributed by atoms with Crippen molar-refractivity contribution in [3.05, 3.63) is 18.0 Å². The van der Waals surface area contributed by atoms with E-state index in [0.29, 0.717) is 82.2 Å². The van der Waals surface area contributed by atoms with Gasteiger partial charge in [0.1, 0.15) is 17.3 Å². The lowest BCUT2D eigenvalue weighted by Crippen LogP contribution is -2.41. The van der Waals surface area contributed by atoms with Crippen molar-refractivity contribution >= 4 is 44.9 Å². The van der Waals surface area contributed by atoms with Crippen LogP contribution in [0.25, 0.3) is 0 Å². The van der Waals surface area contributed by atoms with Crippen LogP contribution in [0.4, 0.5) is 17.6 Å². The average molecular weight is 691 g/mol. The molecule has 45 heavy (non-hydrogen) atoms. The molecule has 0 unspecified atom stereocenters. The summed E-state index contributed by atoms with van der Waals surface area (Å²) >= 11 is 0. The fraction of sp³-hybridized carbons (Fsp3) is 0.760. The minimum atomic E-state index is -4.03. The largest absolute Gasteiger partial charge is 0.367 e. The Morgan fingerprint density at radius 3 is 2.18 bits per heavy atom. The quantitative estimate of drug-likeness (QED) is 0.187. The number of piperidine rings is 1. The molecule has 0 spiro atoms. The van der Waals surface area contributed by atoms with Gasteiger partial charge < -0.3 is 35.1 Å². The minimum absolute atomic E-state index is 0.0650. The van der Waals surface area contributed by atoms with Gasteiger partial charge in [-0.1, -0.05) is 5.21 Å². The molecule has 20 heteroatoms. The molecule has 5 heterocycles. The number of likely N-dealkylation sites (tertiary alicyclic amines) is 1. The maximum absolute atomic E-state index is 12.0. The number of hydrogen-bond acceptors (Lipinski definition) is 14. The third-order valence-electron chi connectivity index (χ3n) is 8.34. The van der Waals surface area contributed by atoms with E-state index < -0.39 is 27.3 Å². The van der Waals surface area contributed by atoms with Crippen LogP contribution < -0.4 is 15.5 Å². The molecule has 0 aromatic carbocycles.